The number of nitrogens with two attached hydrogens (primary N) is 1. The number of nitrogen functional groups attached to an aromatic ring is 1. The zero-order valence-corrected chi connectivity index (χ0v) is 12.0. The molecular weight excluding hydrogens is 313 g/mol. The van der Waals surface area contributed by atoms with Crippen LogP contribution in [0.2, 0.25) is 0 Å². The summed E-state index contributed by atoms with van der Waals surface area (Å²) in [7, 11) is 1.35. The molecule has 2 aromatic rings. The van der Waals surface area contributed by atoms with Crippen LogP contribution >= 0.6 is 0 Å². The van der Waals surface area contributed by atoms with E-state index >= 15 is 0 Å². The molecule has 9 heteroatoms. The van der Waals surface area contributed by atoms with Gasteiger partial charge in [0.05, 0.1) is 11.8 Å². The van der Waals surface area contributed by atoms with Crippen LogP contribution in [-0.2, 0) is 17.6 Å². The minimum atomic E-state index is -4.41. The molecule has 1 aromatic heterocycles. The Morgan fingerprint density at radius 1 is 1.30 bits per heavy atom. The van der Waals surface area contributed by atoms with Crippen molar-refractivity contribution >= 4 is 12.0 Å². The molecule has 0 unspecified atom stereocenters. The van der Waals surface area contributed by atoms with Crippen molar-refractivity contribution in [2.75, 3.05) is 12.8 Å². The van der Waals surface area contributed by atoms with E-state index in [2.05, 4.69) is 20.0 Å². The second-order valence-corrected chi connectivity index (χ2v) is 4.38. The number of halogens is 3. The Hall–Kier alpha value is -2.84. The van der Waals surface area contributed by atoms with Crippen LogP contribution < -0.4 is 10.5 Å². The van der Waals surface area contributed by atoms with Crippen LogP contribution in [-0.4, -0.2) is 23.3 Å². The van der Waals surface area contributed by atoms with Crippen molar-refractivity contribution in [3.8, 4) is 5.88 Å². The Morgan fingerprint density at radius 2 is 2.09 bits per heavy atom. The summed E-state index contributed by atoms with van der Waals surface area (Å²) in [6.07, 6.45) is -1.97. The van der Waals surface area contributed by atoms with E-state index in [0.29, 0.717) is 5.56 Å². The number of alkyl halides is 3. The molecule has 0 amide bonds. The van der Waals surface area contributed by atoms with Gasteiger partial charge < -0.3 is 15.3 Å². The molecule has 0 aliphatic carbocycles. The van der Waals surface area contributed by atoms with E-state index in [1.807, 2.05) is 0 Å². The summed E-state index contributed by atoms with van der Waals surface area (Å²) in [5.74, 6) is 0.204. The van der Waals surface area contributed by atoms with Gasteiger partial charge in [0.15, 0.2) is 0 Å². The van der Waals surface area contributed by atoms with Gasteiger partial charge in [0.2, 0.25) is 5.88 Å². The Bertz CT molecular complexity index is 705. The number of oxime groups is 1. The maximum absolute atomic E-state index is 12.7. The van der Waals surface area contributed by atoms with Crippen molar-refractivity contribution in [3.63, 3.8) is 0 Å². The lowest BCUT2D eigenvalue weighted by atomic mass is 10.1. The molecular formula is C14H13F3N4O2. The highest BCUT2D eigenvalue weighted by Gasteiger charge is 2.30. The van der Waals surface area contributed by atoms with Crippen LogP contribution in [0.3, 0.4) is 0 Å². The van der Waals surface area contributed by atoms with Gasteiger partial charge in [-0.25, -0.2) is 9.97 Å². The number of benzene rings is 1. The monoisotopic (exact) mass is 326 g/mol. The zero-order valence-electron chi connectivity index (χ0n) is 12.0. The van der Waals surface area contributed by atoms with Crippen molar-refractivity contribution < 1.29 is 22.7 Å². The van der Waals surface area contributed by atoms with E-state index in [4.69, 9.17) is 10.5 Å². The topological polar surface area (TPSA) is 82.6 Å². The molecule has 0 atom stereocenters. The highest BCUT2D eigenvalue weighted by molar-refractivity contribution is 5.87. The first-order valence-electron chi connectivity index (χ1n) is 6.37. The van der Waals surface area contributed by atoms with Gasteiger partial charge in [-0.1, -0.05) is 17.3 Å². The van der Waals surface area contributed by atoms with Crippen LogP contribution in [0.1, 0.15) is 16.7 Å². The van der Waals surface area contributed by atoms with Gasteiger partial charge in [-0.05, 0) is 17.7 Å². The van der Waals surface area contributed by atoms with Gasteiger partial charge >= 0.3 is 6.18 Å². The van der Waals surface area contributed by atoms with Crippen LogP contribution in [0.4, 0.5) is 19.0 Å². The predicted octanol–water partition coefficient (Wildman–Crippen LogP) is 2.64. The summed E-state index contributed by atoms with van der Waals surface area (Å²) in [6.45, 7) is -0.117. The standard InChI is InChI=1S/C14H13F3N4O2/c1-22-21-6-11-12(18)19-8-20-13(11)23-7-9-3-2-4-10(5-9)14(15,16)17/h2-6,8H,7H2,1H3,(H2,18,19,20)/b21-6-. The first-order chi connectivity index (χ1) is 10.9. The molecule has 0 radical (unpaired) electrons. The van der Waals surface area contributed by atoms with Crippen LogP contribution in [0, 0.1) is 0 Å². The summed E-state index contributed by atoms with van der Waals surface area (Å²) in [4.78, 5) is 12.2. The molecule has 23 heavy (non-hydrogen) atoms. The summed E-state index contributed by atoms with van der Waals surface area (Å²) in [6, 6.07) is 4.82. The Balaban J connectivity index is 2.19. The maximum atomic E-state index is 12.7. The maximum Gasteiger partial charge on any atom is 0.416 e. The molecule has 6 nitrogen and oxygen atoms in total. The number of rotatable bonds is 5. The van der Waals surface area contributed by atoms with Crippen LogP contribution in [0.5, 0.6) is 5.88 Å². The quantitative estimate of drug-likeness (QED) is 0.674. The van der Waals surface area contributed by atoms with Gasteiger partial charge in [0.1, 0.15) is 31.4 Å². The molecule has 1 heterocycles. The smallest absolute Gasteiger partial charge is 0.416 e. The number of ether oxygens (including phenoxy) is 1. The third-order valence-corrected chi connectivity index (χ3v) is 2.80. The second-order valence-electron chi connectivity index (χ2n) is 4.38. The lowest BCUT2D eigenvalue weighted by Gasteiger charge is -2.11. The first kappa shape index (κ1) is 16.5. The zero-order chi connectivity index (χ0) is 16.9. The lowest BCUT2D eigenvalue weighted by Crippen LogP contribution is -2.08. The van der Waals surface area contributed by atoms with Gasteiger partial charge in [-0.3, -0.25) is 0 Å². The van der Waals surface area contributed by atoms with E-state index in [-0.39, 0.29) is 23.9 Å². The SMILES string of the molecule is CO/N=C\c1c(N)ncnc1OCc1cccc(C(F)(F)F)c1. The van der Waals surface area contributed by atoms with Gasteiger partial charge in [0.25, 0.3) is 0 Å². The number of anilines is 1. The Labute approximate surface area is 129 Å². The molecule has 0 aliphatic rings. The average Bonchev–Trinajstić information content (AvgIpc) is 2.51. The van der Waals surface area contributed by atoms with E-state index < -0.39 is 11.7 Å². The molecule has 0 spiro atoms. The third-order valence-electron chi connectivity index (χ3n) is 2.80. The summed E-state index contributed by atoms with van der Waals surface area (Å²) in [5, 5.41) is 3.55. The number of nitrogens with zero attached hydrogens (tertiary/aromatic N) is 3. The number of aromatic nitrogens is 2. The van der Waals surface area contributed by atoms with Crippen LogP contribution in [0.15, 0.2) is 35.7 Å². The molecule has 1 aromatic carbocycles. The number of hydrogen-bond donors (Lipinski definition) is 1. The highest BCUT2D eigenvalue weighted by atomic mass is 19.4. The van der Waals surface area contributed by atoms with Gasteiger partial charge in [-0.15, -0.1) is 0 Å². The summed E-state index contributed by atoms with van der Waals surface area (Å²) in [5.41, 5.74) is 5.56. The third kappa shape index (κ3) is 4.31. The van der Waals surface area contributed by atoms with Gasteiger partial charge in [-0.2, -0.15) is 13.2 Å². The van der Waals surface area contributed by atoms with E-state index in [9.17, 15) is 13.2 Å². The molecule has 0 bridgehead atoms. The number of hydrogen-bond acceptors (Lipinski definition) is 6. The van der Waals surface area contributed by atoms with Crippen molar-refractivity contribution in [1.82, 2.24) is 9.97 Å². The van der Waals surface area contributed by atoms with Crippen molar-refractivity contribution in [2.24, 2.45) is 5.16 Å². The van der Waals surface area contributed by atoms with E-state index in [1.165, 1.54) is 31.8 Å². The predicted molar refractivity (Wildman–Crippen MR) is 76.8 cm³/mol. The van der Waals surface area contributed by atoms with Crippen LogP contribution in [0.25, 0.3) is 0 Å². The Kier molecular flexibility index (Phi) is 4.99. The summed E-state index contributed by atoms with van der Waals surface area (Å²) < 4.78 is 43.5. The molecule has 0 aliphatic heterocycles. The molecule has 2 N–H and O–H groups in total. The van der Waals surface area contributed by atoms with Gasteiger partial charge in [0, 0.05) is 0 Å². The fourth-order valence-electron chi connectivity index (χ4n) is 1.72. The normalized spacial score (nSPS) is 11.7. The summed E-state index contributed by atoms with van der Waals surface area (Å²) >= 11 is 0. The molecule has 2 rings (SSSR count). The fourth-order valence-corrected chi connectivity index (χ4v) is 1.72. The molecule has 0 fully saturated rings. The fraction of sp³-hybridized carbons (Fsp3) is 0.214. The molecule has 0 saturated heterocycles. The van der Waals surface area contributed by atoms with Crippen molar-refractivity contribution in [1.29, 1.82) is 0 Å². The minimum absolute atomic E-state index is 0.0933. The largest absolute Gasteiger partial charge is 0.472 e. The Morgan fingerprint density at radius 3 is 2.78 bits per heavy atom. The van der Waals surface area contributed by atoms with Crippen molar-refractivity contribution in [3.05, 3.63) is 47.3 Å². The average molecular weight is 326 g/mol. The van der Waals surface area contributed by atoms with E-state index in [0.717, 1.165) is 12.1 Å². The first-order valence-corrected chi connectivity index (χ1v) is 6.37. The highest BCUT2D eigenvalue weighted by Crippen LogP contribution is 2.29. The molecule has 122 valence electrons. The van der Waals surface area contributed by atoms with Crippen molar-refractivity contribution in [2.45, 2.75) is 12.8 Å². The van der Waals surface area contributed by atoms with E-state index in [1.54, 1.807) is 0 Å². The second kappa shape index (κ2) is 6.95. The molecule has 0 saturated carbocycles. The minimum Gasteiger partial charge on any atom is -0.472 e. The lowest BCUT2D eigenvalue weighted by molar-refractivity contribution is -0.137.